The van der Waals surface area contributed by atoms with Crippen LogP contribution in [0.25, 0.3) is 0 Å². The first-order chi connectivity index (χ1) is 13.5. The third-order valence-corrected chi connectivity index (χ3v) is 6.82. The van der Waals surface area contributed by atoms with E-state index in [4.69, 9.17) is 9.47 Å². The fraction of sp³-hybridized carbons (Fsp3) is 0.333. The number of hydrogen-bond acceptors (Lipinski definition) is 5. The number of nitrogens with zero attached hydrogens (tertiary/aromatic N) is 1. The van der Waals surface area contributed by atoms with Crippen molar-refractivity contribution in [2.24, 2.45) is 0 Å². The molecule has 2 aliphatic heterocycles. The first-order valence-electron chi connectivity index (χ1n) is 9.06. The fourth-order valence-corrected chi connectivity index (χ4v) is 5.50. The number of ether oxygens (including phenoxy) is 2. The van der Waals surface area contributed by atoms with Crippen LogP contribution in [-0.4, -0.2) is 35.7 Å². The minimum absolute atomic E-state index is 0.0358. The number of carbonyl (C=O) groups excluding carboxylic acids is 2. The van der Waals surface area contributed by atoms with Gasteiger partial charge in [0.05, 0.1) is 7.11 Å². The van der Waals surface area contributed by atoms with E-state index in [1.807, 2.05) is 30.3 Å². The Morgan fingerprint density at radius 1 is 1.29 bits per heavy atom. The molecule has 5 nitrogen and oxygen atoms in total. The molecule has 0 aromatic heterocycles. The van der Waals surface area contributed by atoms with Crippen LogP contribution in [0.5, 0.6) is 5.75 Å². The molecule has 2 heterocycles. The Morgan fingerprint density at radius 3 is 2.79 bits per heavy atom. The van der Waals surface area contributed by atoms with Crippen LogP contribution in [-0.2, 0) is 25.8 Å². The van der Waals surface area contributed by atoms with Crippen molar-refractivity contribution >= 4 is 23.6 Å². The quantitative estimate of drug-likeness (QED) is 0.718. The average molecular weight is 401 g/mol. The van der Waals surface area contributed by atoms with E-state index in [-0.39, 0.29) is 18.3 Å². The van der Waals surface area contributed by atoms with Crippen LogP contribution in [0.3, 0.4) is 0 Å². The molecule has 0 radical (unpaired) electrons. The summed E-state index contributed by atoms with van der Waals surface area (Å²) in [5.41, 5.74) is 1.55. The van der Waals surface area contributed by atoms with Gasteiger partial charge in [-0.3, -0.25) is 4.79 Å². The van der Waals surface area contributed by atoms with E-state index in [0.717, 1.165) is 5.56 Å². The van der Waals surface area contributed by atoms with Crippen molar-refractivity contribution in [3.8, 4) is 5.75 Å². The lowest BCUT2D eigenvalue weighted by Gasteiger charge is -2.33. The second-order valence-electron chi connectivity index (χ2n) is 6.82. The van der Waals surface area contributed by atoms with Crippen molar-refractivity contribution in [2.75, 3.05) is 12.9 Å². The van der Waals surface area contributed by atoms with Crippen molar-refractivity contribution in [1.82, 2.24) is 4.90 Å². The van der Waals surface area contributed by atoms with E-state index < -0.39 is 22.7 Å². The molecule has 28 heavy (non-hydrogen) atoms. The number of thioether (sulfide) groups is 1. The summed E-state index contributed by atoms with van der Waals surface area (Å²) >= 11 is 1.61. The highest BCUT2D eigenvalue weighted by molar-refractivity contribution is 8.00. The molecule has 2 aliphatic rings. The molecule has 0 saturated carbocycles. The van der Waals surface area contributed by atoms with Gasteiger partial charge < -0.3 is 14.4 Å². The number of esters is 1. The maximum atomic E-state index is 13.8. The predicted octanol–water partition coefficient (Wildman–Crippen LogP) is 3.47. The Labute approximate surface area is 166 Å². The van der Waals surface area contributed by atoms with E-state index in [9.17, 15) is 14.0 Å². The summed E-state index contributed by atoms with van der Waals surface area (Å²) in [7, 11) is 1.39. The van der Waals surface area contributed by atoms with Crippen LogP contribution in [0.1, 0.15) is 24.0 Å². The van der Waals surface area contributed by atoms with Gasteiger partial charge in [-0.2, -0.15) is 0 Å². The maximum absolute atomic E-state index is 13.8. The SMILES string of the molecule is COc1ccc(COC(=O)[C@@H]2CS[C@]3(c4ccccc4)CCC(=O)N23)cc1F. The molecule has 0 spiro atoms. The highest BCUT2D eigenvalue weighted by atomic mass is 32.2. The molecular formula is C21H20FNO4S. The van der Waals surface area contributed by atoms with Gasteiger partial charge in [-0.15, -0.1) is 11.8 Å². The van der Waals surface area contributed by atoms with Crippen LogP contribution in [0.2, 0.25) is 0 Å². The maximum Gasteiger partial charge on any atom is 0.330 e. The summed E-state index contributed by atoms with van der Waals surface area (Å²) in [4.78, 5) is 26.5. The van der Waals surface area contributed by atoms with Gasteiger partial charge in [0.25, 0.3) is 0 Å². The van der Waals surface area contributed by atoms with E-state index in [1.54, 1.807) is 22.7 Å². The molecule has 7 heteroatoms. The van der Waals surface area contributed by atoms with Crippen LogP contribution in [0.15, 0.2) is 48.5 Å². The minimum Gasteiger partial charge on any atom is -0.494 e. The number of carbonyl (C=O) groups is 2. The van der Waals surface area contributed by atoms with E-state index in [2.05, 4.69) is 0 Å². The molecule has 2 aromatic rings. The second-order valence-corrected chi connectivity index (χ2v) is 8.11. The van der Waals surface area contributed by atoms with E-state index >= 15 is 0 Å². The standard InChI is InChI=1S/C21H20FNO4S/c1-26-18-8-7-14(11-16(18)22)12-27-20(25)17-13-28-21(10-9-19(24)23(17)21)15-5-3-2-4-6-15/h2-8,11,17H,9-10,12-13H2,1H3/t17-,21-/m0/s1. The van der Waals surface area contributed by atoms with Crippen LogP contribution >= 0.6 is 11.8 Å². The van der Waals surface area contributed by atoms with Crippen LogP contribution < -0.4 is 4.74 Å². The Hall–Kier alpha value is -2.54. The second kappa shape index (κ2) is 7.47. The number of rotatable bonds is 5. The summed E-state index contributed by atoms with van der Waals surface area (Å²) < 4.78 is 24.1. The summed E-state index contributed by atoms with van der Waals surface area (Å²) in [6.45, 7) is -0.0543. The molecule has 146 valence electrons. The smallest absolute Gasteiger partial charge is 0.330 e. The highest BCUT2D eigenvalue weighted by Crippen LogP contribution is 2.54. The summed E-state index contributed by atoms with van der Waals surface area (Å²) in [6.07, 6.45) is 1.09. The van der Waals surface area contributed by atoms with Gasteiger partial charge in [-0.25, -0.2) is 9.18 Å². The zero-order valence-electron chi connectivity index (χ0n) is 15.4. The third kappa shape index (κ3) is 3.13. The molecule has 0 aliphatic carbocycles. The Bertz CT molecular complexity index is 907. The number of halogens is 1. The lowest BCUT2D eigenvalue weighted by atomic mass is 10.0. The molecule has 2 aromatic carbocycles. The van der Waals surface area contributed by atoms with Crippen molar-refractivity contribution < 1.29 is 23.5 Å². The molecule has 4 rings (SSSR count). The Kier molecular flexibility index (Phi) is 5.02. The van der Waals surface area contributed by atoms with Crippen molar-refractivity contribution in [1.29, 1.82) is 0 Å². The van der Waals surface area contributed by atoms with Gasteiger partial charge in [-0.1, -0.05) is 36.4 Å². The number of benzene rings is 2. The summed E-state index contributed by atoms with van der Waals surface area (Å²) in [5.74, 6) is -0.387. The fourth-order valence-electron chi connectivity index (χ4n) is 3.87. The van der Waals surface area contributed by atoms with Crippen molar-refractivity contribution in [3.63, 3.8) is 0 Å². The number of fused-ring (bicyclic) bond motifs is 1. The van der Waals surface area contributed by atoms with E-state index in [1.165, 1.54) is 19.2 Å². The molecular weight excluding hydrogens is 381 g/mol. The Balaban J connectivity index is 1.49. The Morgan fingerprint density at radius 2 is 2.07 bits per heavy atom. The molecule has 0 unspecified atom stereocenters. The van der Waals surface area contributed by atoms with Gasteiger partial charge in [0.15, 0.2) is 11.6 Å². The van der Waals surface area contributed by atoms with E-state index in [0.29, 0.717) is 24.2 Å². The third-order valence-electron chi connectivity index (χ3n) is 5.22. The highest BCUT2D eigenvalue weighted by Gasteiger charge is 2.57. The van der Waals surface area contributed by atoms with Crippen LogP contribution in [0.4, 0.5) is 4.39 Å². The van der Waals surface area contributed by atoms with Gasteiger partial charge in [0.2, 0.25) is 5.91 Å². The first kappa shape index (κ1) is 18.8. The van der Waals surface area contributed by atoms with Gasteiger partial charge in [0, 0.05) is 12.2 Å². The molecule has 1 amide bonds. The first-order valence-corrected chi connectivity index (χ1v) is 10.0. The summed E-state index contributed by atoms with van der Waals surface area (Å²) in [5, 5.41) is 0. The summed E-state index contributed by atoms with van der Waals surface area (Å²) in [6, 6.07) is 13.6. The molecule has 2 fully saturated rings. The lowest BCUT2D eigenvalue weighted by molar-refractivity contribution is -0.155. The molecule has 2 saturated heterocycles. The zero-order valence-corrected chi connectivity index (χ0v) is 16.2. The van der Waals surface area contributed by atoms with Gasteiger partial charge >= 0.3 is 5.97 Å². The largest absolute Gasteiger partial charge is 0.494 e. The number of methoxy groups -OCH3 is 1. The zero-order chi connectivity index (χ0) is 19.7. The topological polar surface area (TPSA) is 55.8 Å². The molecule has 0 bridgehead atoms. The number of amides is 1. The monoisotopic (exact) mass is 401 g/mol. The predicted molar refractivity (Wildman–Crippen MR) is 103 cm³/mol. The molecule has 0 N–H and O–H groups in total. The normalized spacial score (nSPS) is 23.6. The number of hydrogen-bond donors (Lipinski definition) is 0. The van der Waals surface area contributed by atoms with Crippen molar-refractivity contribution in [2.45, 2.75) is 30.4 Å². The van der Waals surface area contributed by atoms with Gasteiger partial charge in [0.1, 0.15) is 17.5 Å². The molecule has 2 atom stereocenters. The average Bonchev–Trinajstić information content (AvgIpc) is 3.26. The van der Waals surface area contributed by atoms with Gasteiger partial charge in [-0.05, 0) is 29.7 Å². The lowest BCUT2D eigenvalue weighted by Crippen LogP contribution is -2.46. The van der Waals surface area contributed by atoms with Crippen molar-refractivity contribution in [3.05, 3.63) is 65.5 Å². The minimum atomic E-state index is -0.636. The van der Waals surface area contributed by atoms with Crippen LogP contribution in [0, 0.1) is 5.82 Å².